The number of ether oxygens (including phenoxy) is 1. The molecule has 1 aromatic rings. The number of rotatable bonds is 5. The van der Waals surface area contributed by atoms with Crippen LogP contribution in [0.1, 0.15) is 38.9 Å². The fraction of sp³-hybridized carbons (Fsp3) is 0.833. The lowest BCUT2D eigenvalue weighted by molar-refractivity contribution is -0.0221. The summed E-state index contributed by atoms with van der Waals surface area (Å²) in [4.78, 5) is 4.43. The first-order valence-corrected chi connectivity index (χ1v) is 6.29. The summed E-state index contributed by atoms with van der Waals surface area (Å²) >= 11 is 0. The van der Waals surface area contributed by atoms with Crippen molar-refractivity contribution in [2.75, 3.05) is 19.7 Å². The Bertz CT molecular complexity index is 356. The van der Waals surface area contributed by atoms with Crippen LogP contribution in [0.15, 0.2) is 4.52 Å². The molecule has 2 rings (SSSR count). The summed E-state index contributed by atoms with van der Waals surface area (Å²) in [5, 5.41) is 7.35. The van der Waals surface area contributed by atoms with E-state index >= 15 is 0 Å². The van der Waals surface area contributed by atoms with Gasteiger partial charge in [-0.3, -0.25) is 0 Å². The van der Waals surface area contributed by atoms with E-state index < -0.39 is 5.60 Å². The van der Waals surface area contributed by atoms with Gasteiger partial charge in [0.05, 0.1) is 0 Å². The van der Waals surface area contributed by atoms with Gasteiger partial charge < -0.3 is 14.6 Å². The zero-order valence-corrected chi connectivity index (χ0v) is 10.8. The summed E-state index contributed by atoms with van der Waals surface area (Å²) < 4.78 is 10.9. The van der Waals surface area contributed by atoms with Crippen LogP contribution < -0.4 is 5.32 Å². The van der Waals surface area contributed by atoms with Crippen molar-refractivity contribution in [2.24, 2.45) is 5.92 Å². The minimum absolute atomic E-state index is 0.468. The van der Waals surface area contributed by atoms with Crippen LogP contribution in [0.5, 0.6) is 0 Å². The van der Waals surface area contributed by atoms with Crippen LogP contribution in [0.4, 0.5) is 0 Å². The highest BCUT2D eigenvalue weighted by Crippen LogP contribution is 2.22. The average Bonchev–Trinajstić information content (AvgIpc) is 2.89. The SMILES string of the molecule is CCOC(C)(C)c1noc(CC2CCNC2)n1. The van der Waals surface area contributed by atoms with Gasteiger partial charge in [-0.2, -0.15) is 4.98 Å². The Morgan fingerprint density at radius 3 is 3.00 bits per heavy atom. The van der Waals surface area contributed by atoms with Crippen molar-refractivity contribution >= 4 is 0 Å². The summed E-state index contributed by atoms with van der Waals surface area (Å²) in [6.07, 6.45) is 2.05. The second kappa shape index (κ2) is 5.14. The normalized spacial score (nSPS) is 21.0. The molecule has 1 atom stereocenters. The van der Waals surface area contributed by atoms with Gasteiger partial charge in [0.1, 0.15) is 5.60 Å². The Hall–Kier alpha value is -0.940. The first kappa shape index (κ1) is 12.5. The molecule has 1 aromatic heterocycles. The molecule has 1 aliphatic heterocycles. The minimum Gasteiger partial charge on any atom is -0.368 e. The maximum Gasteiger partial charge on any atom is 0.227 e. The Labute approximate surface area is 102 Å². The van der Waals surface area contributed by atoms with E-state index in [1.54, 1.807) is 0 Å². The summed E-state index contributed by atoms with van der Waals surface area (Å²) in [7, 11) is 0. The number of hydrogen-bond donors (Lipinski definition) is 1. The van der Waals surface area contributed by atoms with E-state index in [2.05, 4.69) is 15.5 Å². The van der Waals surface area contributed by atoms with Crippen molar-refractivity contribution in [3.05, 3.63) is 11.7 Å². The highest BCUT2D eigenvalue weighted by molar-refractivity contribution is 4.98. The van der Waals surface area contributed by atoms with Gasteiger partial charge in [0.15, 0.2) is 0 Å². The highest BCUT2D eigenvalue weighted by Gasteiger charge is 2.28. The van der Waals surface area contributed by atoms with Gasteiger partial charge in [0.25, 0.3) is 0 Å². The molecule has 0 aromatic carbocycles. The van der Waals surface area contributed by atoms with Gasteiger partial charge in [-0.15, -0.1) is 0 Å². The van der Waals surface area contributed by atoms with Crippen LogP contribution in [0.3, 0.4) is 0 Å². The predicted molar refractivity (Wildman–Crippen MR) is 63.6 cm³/mol. The molecule has 0 spiro atoms. The van der Waals surface area contributed by atoms with Crippen LogP contribution in [0.25, 0.3) is 0 Å². The van der Waals surface area contributed by atoms with Crippen LogP contribution in [0, 0.1) is 5.92 Å². The number of nitrogens with one attached hydrogen (secondary N) is 1. The summed E-state index contributed by atoms with van der Waals surface area (Å²) in [6.45, 7) is 8.67. The number of hydrogen-bond acceptors (Lipinski definition) is 5. The first-order valence-electron chi connectivity index (χ1n) is 6.29. The van der Waals surface area contributed by atoms with E-state index in [0.29, 0.717) is 18.3 Å². The summed E-state index contributed by atoms with van der Waals surface area (Å²) in [6, 6.07) is 0. The summed E-state index contributed by atoms with van der Waals surface area (Å²) in [5.41, 5.74) is -0.468. The smallest absolute Gasteiger partial charge is 0.227 e. The van der Waals surface area contributed by atoms with Crippen molar-refractivity contribution in [1.29, 1.82) is 0 Å². The molecule has 5 nitrogen and oxygen atoms in total. The zero-order chi connectivity index (χ0) is 12.3. The predicted octanol–water partition coefficient (Wildman–Crippen LogP) is 1.49. The van der Waals surface area contributed by atoms with Crippen LogP contribution in [0.2, 0.25) is 0 Å². The zero-order valence-electron chi connectivity index (χ0n) is 10.8. The lowest BCUT2D eigenvalue weighted by atomic mass is 10.1. The van der Waals surface area contributed by atoms with Gasteiger partial charge in [0.2, 0.25) is 11.7 Å². The van der Waals surface area contributed by atoms with Crippen LogP contribution in [-0.2, 0) is 16.8 Å². The molecule has 96 valence electrons. The third-order valence-corrected chi connectivity index (χ3v) is 3.14. The van der Waals surface area contributed by atoms with Crippen LogP contribution >= 0.6 is 0 Å². The van der Waals surface area contributed by atoms with Crippen LogP contribution in [-0.4, -0.2) is 29.8 Å². The molecule has 1 aliphatic rings. The molecular weight excluding hydrogens is 218 g/mol. The van der Waals surface area contributed by atoms with Gasteiger partial charge in [-0.1, -0.05) is 5.16 Å². The highest BCUT2D eigenvalue weighted by atomic mass is 16.5. The molecule has 5 heteroatoms. The van der Waals surface area contributed by atoms with Gasteiger partial charge in [0, 0.05) is 13.0 Å². The molecule has 0 saturated carbocycles. The van der Waals surface area contributed by atoms with Gasteiger partial charge >= 0.3 is 0 Å². The Kier molecular flexibility index (Phi) is 3.79. The molecule has 1 saturated heterocycles. The first-order chi connectivity index (χ1) is 8.12. The quantitative estimate of drug-likeness (QED) is 0.843. The molecule has 17 heavy (non-hydrogen) atoms. The molecule has 0 amide bonds. The Balaban J connectivity index is 1.99. The summed E-state index contributed by atoms with van der Waals surface area (Å²) in [5.74, 6) is 1.99. The Morgan fingerprint density at radius 2 is 2.35 bits per heavy atom. The fourth-order valence-electron chi connectivity index (χ4n) is 2.14. The fourth-order valence-corrected chi connectivity index (χ4v) is 2.14. The van der Waals surface area contributed by atoms with Crippen molar-refractivity contribution in [2.45, 2.75) is 39.2 Å². The lowest BCUT2D eigenvalue weighted by Crippen LogP contribution is -2.23. The molecule has 0 bridgehead atoms. The molecular formula is C12H21N3O2. The van der Waals surface area contributed by atoms with Crippen molar-refractivity contribution < 1.29 is 9.26 Å². The topological polar surface area (TPSA) is 60.2 Å². The molecule has 2 heterocycles. The maximum atomic E-state index is 5.60. The van der Waals surface area contributed by atoms with Crippen molar-refractivity contribution in [1.82, 2.24) is 15.5 Å². The molecule has 0 radical (unpaired) electrons. The molecule has 1 N–H and O–H groups in total. The van der Waals surface area contributed by atoms with E-state index in [4.69, 9.17) is 9.26 Å². The largest absolute Gasteiger partial charge is 0.368 e. The number of aromatic nitrogens is 2. The Morgan fingerprint density at radius 1 is 1.53 bits per heavy atom. The van der Waals surface area contributed by atoms with E-state index in [-0.39, 0.29) is 0 Å². The second-order valence-corrected chi connectivity index (χ2v) is 5.02. The standard InChI is InChI=1S/C12H21N3O2/c1-4-16-12(2,3)11-14-10(17-15-11)7-9-5-6-13-8-9/h9,13H,4-8H2,1-3H3. The van der Waals surface area contributed by atoms with Crippen molar-refractivity contribution in [3.63, 3.8) is 0 Å². The maximum absolute atomic E-state index is 5.60. The second-order valence-electron chi connectivity index (χ2n) is 5.02. The molecule has 0 aliphatic carbocycles. The van der Waals surface area contributed by atoms with Gasteiger partial charge in [-0.25, -0.2) is 0 Å². The van der Waals surface area contributed by atoms with E-state index in [1.807, 2.05) is 20.8 Å². The molecule has 1 unspecified atom stereocenters. The van der Waals surface area contributed by atoms with Gasteiger partial charge in [-0.05, 0) is 46.2 Å². The van der Waals surface area contributed by atoms with E-state index in [1.165, 1.54) is 6.42 Å². The third kappa shape index (κ3) is 3.04. The van der Waals surface area contributed by atoms with E-state index in [0.717, 1.165) is 25.4 Å². The number of nitrogens with zero attached hydrogens (tertiary/aromatic N) is 2. The van der Waals surface area contributed by atoms with Crippen molar-refractivity contribution in [3.8, 4) is 0 Å². The lowest BCUT2D eigenvalue weighted by Gasteiger charge is -2.19. The molecule has 1 fully saturated rings. The third-order valence-electron chi connectivity index (χ3n) is 3.14. The van der Waals surface area contributed by atoms with E-state index in [9.17, 15) is 0 Å². The minimum atomic E-state index is -0.468. The average molecular weight is 239 g/mol. The monoisotopic (exact) mass is 239 g/mol.